The Balaban J connectivity index is 0.00000324. The molecular weight excluding hydrogens is 458 g/mol. The fourth-order valence-electron chi connectivity index (χ4n) is 4.32. The zero-order chi connectivity index (χ0) is 23.2. The van der Waals surface area contributed by atoms with Gasteiger partial charge in [-0.3, -0.25) is 4.79 Å². The van der Waals surface area contributed by atoms with Crippen molar-refractivity contribution in [1.82, 2.24) is 0 Å². The molecule has 0 atom stereocenters. The molecule has 0 saturated carbocycles. The highest BCUT2D eigenvalue weighted by molar-refractivity contribution is 6.15. The van der Waals surface area contributed by atoms with Crippen LogP contribution in [0.15, 0.2) is 47.1 Å². The van der Waals surface area contributed by atoms with Crippen LogP contribution in [0.25, 0.3) is 17.0 Å². The molecule has 34 heavy (non-hydrogen) atoms. The standard InChI is InChI=1S/C26H29NO6.ClH/c1-30-23-20-12-16-32-24(20)26(31-2)25(33-17-15-27-13-4-3-5-14-27)22(23)21(29)11-8-18-6-9-19(28)10-7-18;/h6-12,16,28H,3-5,13-15,17H2,1-2H3;1H/b11-8+;. The summed E-state index contributed by atoms with van der Waals surface area (Å²) < 4.78 is 23.1. The van der Waals surface area contributed by atoms with Crippen LogP contribution in [0.3, 0.4) is 0 Å². The molecular formula is C26H30ClNO6. The van der Waals surface area contributed by atoms with Crippen LogP contribution in [-0.2, 0) is 0 Å². The van der Waals surface area contributed by atoms with Gasteiger partial charge >= 0.3 is 0 Å². The number of carbonyl (C=O) groups excluding carboxylic acids is 1. The van der Waals surface area contributed by atoms with Crippen molar-refractivity contribution in [3.05, 3.63) is 53.8 Å². The first-order valence-corrected chi connectivity index (χ1v) is 11.2. The number of furan rings is 1. The Morgan fingerprint density at radius 1 is 1.03 bits per heavy atom. The predicted molar refractivity (Wildman–Crippen MR) is 126 cm³/mol. The SMILES string of the molecule is COc1c(C(=O)/C=C/c2ccc(O)cc2)c(OCC[NH+]2CCCCC2)c(OC)c2occc12.[Cl-]. The summed E-state index contributed by atoms with van der Waals surface area (Å²) >= 11 is 0. The van der Waals surface area contributed by atoms with Gasteiger partial charge in [-0.25, -0.2) is 0 Å². The smallest absolute Gasteiger partial charge is 0.205 e. The van der Waals surface area contributed by atoms with Crippen LogP contribution >= 0.6 is 0 Å². The van der Waals surface area contributed by atoms with E-state index < -0.39 is 0 Å². The number of phenols is 1. The number of carbonyl (C=O) groups is 1. The molecule has 0 spiro atoms. The first-order valence-electron chi connectivity index (χ1n) is 11.2. The highest BCUT2D eigenvalue weighted by Gasteiger charge is 2.28. The van der Waals surface area contributed by atoms with E-state index in [1.165, 1.54) is 50.7 Å². The molecule has 0 radical (unpaired) electrons. The Morgan fingerprint density at radius 2 is 1.74 bits per heavy atom. The molecule has 1 aromatic heterocycles. The predicted octanol–water partition coefficient (Wildman–Crippen LogP) is 0.503. The lowest BCUT2D eigenvalue weighted by Crippen LogP contribution is -3.13. The molecule has 182 valence electrons. The molecule has 8 heteroatoms. The van der Waals surface area contributed by atoms with Gasteiger partial charge in [-0.15, -0.1) is 0 Å². The third-order valence-corrected chi connectivity index (χ3v) is 6.01. The minimum absolute atomic E-state index is 0. The van der Waals surface area contributed by atoms with Gasteiger partial charge in [0.05, 0.1) is 39.0 Å². The summed E-state index contributed by atoms with van der Waals surface area (Å²) in [6, 6.07) is 8.36. The maximum absolute atomic E-state index is 13.4. The molecule has 0 bridgehead atoms. The number of fused-ring (bicyclic) bond motifs is 1. The molecule has 2 aromatic carbocycles. The van der Waals surface area contributed by atoms with E-state index in [9.17, 15) is 9.90 Å². The van der Waals surface area contributed by atoms with Crippen LogP contribution in [0.2, 0.25) is 0 Å². The van der Waals surface area contributed by atoms with Crippen molar-refractivity contribution in [2.75, 3.05) is 40.5 Å². The van der Waals surface area contributed by atoms with Crippen LogP contribution in [-0.4, -0.2) is 51.4 Å². The summed E-state index contributed by atoms with van der Waals surface area (Å²) in [7, 11) is 3.06. The minimum atomic E-state index is -0.276. The number of allylic oxidation sites excluding steroid dienone is 1. The number of rotatable bonds is 9. The summed E-state index contributed by atoms with van der Waals surface area (Å²) in [5, 5.41) is 10.1. The van der Waals surface area contributed by atoms with E-state index in [0.29, 0.717) is 40.4 Å². The van der Waals surface area contributed by atoms with Crippen molar-refractivity contribution in [1.29, 1.82) is 0 Å². The van der Waals surface area contributed by atoms with E-state index >= 15 is 0 Å². The normalized spacial score (nSPS) is 14.2. The van der Waals surface area contributed by atoms with Gasteiger partial charge in [0.1, 0.15) is 30.2 Å². The van der Waals surface area contributed by atoms with Gasteiger partial charge in [-0.2, -0.15) is 0 Å². The first-order chi connectivity index (χ1) is 16.1. The molecule has 2 heterocycles. The van der Waals surface area contributed by atoms with Crippen LogP contribution in [0.1, 0.15) is 35.2 Å². The van der Waals surface area contributed by atoms with Crippen molar-refractivity contribution in [3.8, 4) is 23.0 Å². The second-order valence-corrected chi connectivity index (χ2v) is 8.13. The van der Waals surface area contributed by atoms with Gasteiger partial charge < -0.3 is 41.0 Å². The summed E-state index contributed by atoms with van der Waals surface area (Å²) in [5.41, 5.74) is 1.56. The van der Waals surface area contributed by atoms with Crippen LogP contribution in [0.4, 0.5) is 0 Å². The third kappa shape index (κ3) is 5.48. The molecule has 1 aliphatic heterocycles. The van der Waals surface area contributed by atoms with Gasteiger partial charge in [0.2, 0.25) is 5.75 Å². The average molecular weight is 488 g/mol. The summed E-state index contributed by atoms with van der Waals surface area (Å²) in [6.07, 6.45) is 8.45. The Kier molecular flexibility index (Phi) is 8.85. The van der Waals surface area contributed by atoms with E-state index in [0.717, 1.165) is 25.2 Å². The fourth-order valence-corrected chi connectivity index (χ4v) is 4.32. The van der Waals surface area contributed by atoms with E-state index in [-0.39, 0.29) is 23.9 Å². The Hall–Kier alpha value is -3.16. The van der Waals surface area contributed by atoms with Crippen molar-refractivity contribution in [3.63, 3.8) is 0 Å². The lowest BCUT2D eigenvalue weighted by atomic mass is 10.0. The van der Waals surface area contributed by atoms with Crippen molar-refractivity contribution in [2.45, 2.75) is 19.3 Å². The first kappa shape index (κ1) is 25.5. The second kappa shape index (κ2) is 11.8. The van der Waals surface area contributed by atoms with Crippen molar-refractivity contribution < 1.29 is 45.8 Å². The lowest BCUT2D eigenvalue weighted by Gasteiger charge is -2.24. The Morgan fingerprint density at radius 3 is 2.41 bits per heavy atom. The average Bonchev–Trinajstić information content (AvgIpc) is 3.32. The molecule has 0 aliphatic carbocycles. The number of hydrogen-bond acceptors (Lipinski definition) is 6. The van der Waals surface area contributed by atoms with Gasteiger partial charge in [0.15, 0.2) is 17.1 Å². The van der Waals surface area contributed by atoms with Gasteiger partial charge in [0, 0.05) is 0 Å². The number of ketones is 1. The highest BCUT2D eigenvalue weighted by atomic mass is 35.5. The Labute approximate surface area is 205 Å². The van der Waals surface area contributed by atoms with Crippen LogP contribution in [0, 0.1) is 0 Å². The molecule has 1 saturated heterocycles. The van der Waals surface area contributed by atoms with E-state index in [4.69, 9.17) is 18.6 Å². The van der Waals surface area contributed by atoms with E-state index in [1.807, 2.05) is 0 Å². The zero-order valence-electron chi connectivity index (χ0n) is 19.4. The van der Waals surface area contributed by atoms with Gasteiger partial charge in [-0.1, -0.05) is 18.2 Å². The molecule has 4 rings (SSSR count). The summed E-state index contributed by atoms with van der Waals surface area (Å²) in [5.74, 6) is 0.989. The van der Waals surface area contributed by atoms with Crippen molar-refractivity contribution >= 4 is 22.8 Å². The third-order valence-electron chi connectivity index (χ3n) is 6.01. The van der Waals surface area contributed by atoms with Gasteiger partial charge in [0.25, 0.3) is 0 Å². The summed E-state index contributed by atoms with van der Waals surface area (Å²) in [6.45, 7) is 3.58. The maximum atomic E-state index is 13.4. The number of nitrogens with one attached hydrogen (secondary N) is 1. The number of quaternary nitrogens is 1. The molecule has 3 aromatic rings. The monoisotopic (exact) mass is 487 g/mol. The topological polar surface area (TPSA) is 82.6 Å². The number of hydrogen-bond donors (Lipinski definition) is 2. The fraction of sp³-hybridized carbons (Fsp3) is 0.346. The quantitative estimate of drug-likeness (QED) is 0.338. The molecule has 1 aliphatic rings. The van der Waals surface area contributed by atoms with Crippen molar-refractivity contribution in [2.24, 2.45) is 0 Å². The molecule has 0 unspecified atom stereocenters. The molecule has 7 nitrogen and oxygen atoms in total. The Bertz CT molecular complexity index is 1130. The molecule has 0 amide bonds. The minimum Gasteiger partial charge on any atom is -1.00 e. The molecule has 2 N–H and O–H groups in total. The number of ether oxygens (including phenoxy) is 3. The number of aromatic hydroxyl groups is 1. The van der Waals surface area contributed by atoms with Gasteiger partial charge in [-0.05, 0) is 49.1 Å². The number of piperidine rings is 1. The number of halogens is 1. The van der Waals surface area contributed by atoms with E-state index in [1.54, 1.807) is 36.4 Å². The highest BCUT2D eigenvalue weighted by Crippen LogP contribution is 2.46. The largest absolute Gasteiger partial charge is 1.00 e. The molecule has 1 fully saturated rings. The maximum Gasteiger partial charge on any atom is 0.205 e. The number of likely N-dealkylation sites (tertiary alicyclic amines) is 1. The zero-order valence-corrected chi connectivity index (χ0v) is 20.2. The van der Waals surface area contributed by atoms with Crippen LogP contribution in [0.5, 0.6) is 23.0 Å². The second-order valence-electron chi connectivity index (χ2n) is 8.13. The van der Waals surface area contributed by atoms with Crippen LogP contribution < -0.4 is 31.5 Å². The lowest BCUT2D eigenvalue weighted by molar-refractivity contribution is -0.904. The number of phenolic OH excluding ortho intramolecular Hbond substituents is 1. The van der Waals surface area contributed by atoms with E-state index in [2.05, 4.69) is 0 Å². The number of methoxy groups -OCH3 is 2. The number of benzene rings is 2. The summed E-state index contributed by atoms with van der Waals surface area (Å²) in [4.78, 5) is 14.9.